The topological polar surface area (TPSA) is 104 Å². The van der Waals surface area contributed by atoms with Gasteiger partial charge in [-0.15, -0.1) is 0 Å². The average Bonchev–Trinajstić information content (AvgIpc) is 3.29. The van der Waals surface area contributed by atoms with Crippen LogP contribution >= 0.6 is 0 Å². The number of rotatable bonds is 7. The van der Waals surface area contributed by atoms with Crippen LogP contribution in [0.4, 0.5) is 13.2 Å². The first kappa shape index (κ1) is 32.7. The van der Waals surface area contributed by atoms with Crippen molar-refractivity contribution in [2.45, 2.75) is 104 Å². The molecule has 4 aliphatic carbocycles. The maximum absolute atomic E-state index is 12.9. The number of fused-ring (bicyclic) bond motifs is 5. The Balaban J connectivity index is 1.25. The standard InChI is InChI=1S/C33H48F3NO5S/c1-5-23-27-18-22(38)12-15-32(27,4)26-13-16-31(3)24(10-11-25(31)28(26)29(23)39)19(2)14-17-43(41,42)37-30(40)20-6-8-21(9-7-20)33(34,35)36/h6-9,19,22-29,38-39H,5,10-18H2,1-4H3,(H,37,40)/t19-,22-,23-,24-,25?,26?,27+,28?,29?,31-,32-/m1/s1. The van der Waals surface area contributed by atoms with Gasteiger partial charge in [0, 0.05) is 5.56 Å². The molecule has 4 fully saturated rings. The zero-order chi connectivity index (χ0) is 31.5. The summed E-state index contributed by atoms with van der Waals surface area (Å²) in [4.78, 5) is 12.5. The molecule has 1 aromatic carbocycles. The van der Waals surface area contributed by atoms with E-state index in [1.165, 1.54) is 0 Å². The molecule has 0 spiro atoms. The summed E-state index contributed by atoms with van der Waals surface area (Å²) in [7, 11) is -3.99. The van der Waals surface area contributed by atoms with E-state index in [2.05, 4.69) is 27.7 Å². The molecule has 242 valence electrons. The smallest absolute Gasteiger partial charge is 0.393 e. The lowest BCUT2D eigenvalue weighted by atomic mass is 9.41. The van der Waals surface area contributed by atoms with E-state index >= 15 is 0 Å². The molecule has 11 atom stereocenters. The Kier molecular flexibility index (Phi) is 8.84. The molecule has 0 aromatic heterocycles. The van der Waals surface area contributed by atoms with E-state index in [0.29, 0.717) is 30.1 Å². The number of halogens is 3. The summed E-state index contributed by atoms with van der Waals surface area (Å²) in [6.07, 6.45) is 2.74. The third-order valence-electron chi connectivity index (χ3n) is 12.7. The van der Waals surface area contributed by atoms with Gasteiger partial charge in [0.15, 0.2) is 0 Å². The van der Waals surface area contributed by atoms with Crippen molar-refractivity contribution in [2.24, 2.45) is 52.3 Å². The Bertz CT molecular complexity index is 1290. The summed E-state index contributed by atoms with van der Waals surface area (Å²) in [6.45, 7) is 9.00. The van der Waals surface area contributed by atoms with Crippen molar-refractivity contribution in [3.63, 3.8) is 0 Å². The first-order valence-corrected chi connectivity index (χ1v) is 17.7. The van der Waals surface area contributed by atoms with E-state index in [1.807, 2.05) is 4.72 Å². The Hall–Kier alpha value is -1.65. The van der Waals surface area contributed by atoms with Crippen LogP contribution in [0.25, 0.3) is 0 Å². The summed E-state index contributed by atoms with van der Waals surface area (Å²) < 4.78 is 66.3. The highest BCUT2D eigenvalue weighted by molar-refractivity contribution is 7.90. The Morgan fingerprint density at radius 2 is 1.63 bits per heavy atom. The van der Waals surface area contributed by atoms with Crippen LogP contribution in [0.1, 0.15) is 101 Å². The summed E-state index contributed by atoms with van der Waals surface area (Å²) in [5, 5.41) is 22.4. The van der Waals surface area contributed by atoms with E-state index in [1.54, 1.807) is 0 Å². The molecule has 1 aromatic rings. The molecule has 10 heteroatoms. The van der Waals surface area contributed by atoms with Crippen LogP contribution in [0.5, 0.6) is 0 Å². The quantitative estimate of drug-likeness (QED) is 0.324. The molecule has 43 heavy (non-hydrogen) atoms. The highest BCUT2D eigenvalue weighted by atomic mass is 32.2. The molecule has 4 saturated carbocycles. The predicted octanol–water partition coefficient (Wildman–Crippen LogP) is 6.42. The fourth-order valence-electron chi connectivity index (χ4n) is 10.5. The van der Waals surface area contributed by atoms with Gasteiger partial charge in [-0.25, -0.2) is 13.1 Å². The van der Waals surface area contributed by atoms with Crippen LogP contribution in [0.15, 0.2) is 24.3 Å². The number of hydrogen-bond donors (Lipinski definition) is 3. The van der Waals surface area contributed by atoms with Gasteiger partial charge in [-0.2, -0.15) is 13.2 Å². The number of amides is 1. The van der Waals surface area contributed by atoms with Gasteiger partial charge in [0.05, 0.1) is 23.5 Å². The molecule has 5 rings (SSSR count). The predicted molar refractivity (Wildman–Crippen MR) is 158 cm³/mol. The third kappa shape index (κ3) is 5.89. The number of aliphatic hydroxyl groups is 2. The maximum Gasteiger partial charge on any atom is 0.416 e. The molecule has 0 bridgehead atoms. The van der Waals surface area contributed by atoms with Gasteiger partial charge in [0.25, 0.3) is 5.91 Å². The molecule has 0 heterocycles. The molecule has 4 aliphatic rings. The fourth-order valence-corrected chi connectivity index (χ4v) is 11.7. The fraction of sp³-hybridized carbons (Fsp3) is 0.788. The first-order chi connectivity index (χ1) is 20.0. The lowest BCUT2D eigenvalue weighted by Gasteiger charge is -2.64. The van der Waals surface area contributed by atoms with Gasteiger partial charge >= 0.3 is 6.18 Å². The van der Waals surface area contributed by atoms with Crippen molar-refractivity contribution in [3.8, 4) is 0 Å². The van der Waals surface area contributed by atoms with Crippen LogP contribution in [-0.2, 0) is 16.2 Å². The SMILES string of the molecule is CC[C@H]1C(O)C2C3CC[C@H]([C@H](C)CCS(=O)(=O)NC(=O)c4ccc(C(F)(F)F)cc4)[C@@]3(C)CCC2[C@@]2(C)CC[C@@H](O)C[C@@H]12. The molecular weight excluding hydrogens is 579 g/mol. The third-order valence-corrected chi connectivity index (χ3v) is 14.0. The Morgan fingerprint density at radius 3 is 2.26 bits per heavy atom. The number of nitrogens with one attached hydrogen (secondary N) is 1. The Labute approximate surface area is 254 Å². The largest absolute Gasteiger partial charge is 0.416 e. The minimum atomic E-state index is -4.54. The molecular formula is C33H48F3NO5S. The van der Waals surface area contributed by atoms with Crippen molar-refractivity contribution in [1.82, 2.24) is 4.72 Å². The van der Waals surface area contributed by atoms with E-state index in [-0.39, 0.29) is 46.0 Å². The van der Waals surface area contributed by atoms with Gasteiger partial charge in [-0.1, -0.05) is 34.1 Å². The lowest BCUT2D eigenvalue weighted by Crippen LogP contribution is -2.62. The number of benzene rings is 1. The van der Waals surface area contributed by atoms with Gasteiger partial charge in [-0.3, -0.25) is 4.79 Å². The molecule has 1 amide bonds. The van der Waals surface area contributed by atoms with Gasteiger partial charge < -0.3 is 10.2 Å². The van der Waals surface area contributed by atoms with Crippen molar-refractivity contribution in [2.75, 3.05) is 5.75 Å². The zero-order valence-electron chi connectivity index (χ0n) is 25.7. The second-order valence-electron chi connectivity index (χ2n) is 14.7. The lowest BCUT2D eigenvalue weighted by molar-refractivity contribution is -0.203. The van der Waals surface area contributed by atoms with Crippen molar-refractivity contribution < 1.29 is 36.6 Å². The minimum Gasteiger partial charge on any atom is -0.393 e. The van der Waals surface area contributed by atoms with Crippen LogP contribution in [0, 0.1) is 52.3 Å². The molecule has 6 nitrogen and oxygen atoms in total. The first-order valence-electron chi connectivity index (χ1n) is 16.1. The van der Waals surface area contributed by atoms with Gasteiger partial charge in [-0.05, 0) is 128 Å². The highest BCUT2D eigenvalue weighted by Crippen LogP contribution is 2.69. The van der Waals surface area contributed by atoms with Crippen LogP contribution in [0.3, 0.4) is 0 Å². The molecule has 0 radical (unpaired) electrons. The second-order valence-corrected chi connectivity index (χ2v) is 16.6. The molecule has 0 aliphatic heterocycles. The maximum atomic E-state index is 12.9. The highest BCUT2D eigenvalue weighted by Gasteiger charge is 2.64. The van der Waals surface area contributed by atoms with Gasteiger partial charge in [0.2, 0.25) is 10.0 Å². The van der Waals surface area contributed by atoms with Crippen molar-refractivity contribution in [1.29, 1.82) is 0 Å². The minimum absolute atomic E-state index is 0.00945. The van der Waals surface area contributed by atoms with Crippen molar-refractivity contribution in [3.05, 3.63) is 35.4 Å². The summed E-state index contributed by atoms with van der Waals surface area (Å²) in [6, 6.07) is 3.49. The van der Waals surface area contributed by atoms with Crippen molar-refractivity contribution >= 4 is 15.9 Å². The Morgan fingerprint density at radius 1 is 1.00 bits per heavy atom. The summed E-state index contributed by atoms with van der Waals surface area (Å²) in [5.41, 5.74) is -0.943. The number of carbonyl (C=O) groups excluding carboxylic acids is 1. The number of hydrogen-bond acceptors (Lipinski definition) is 5. The summed E-state index contributed by atoms with van der Waals surface area (Å²) >= 11 is 0. The molecule has 4 unspecified atom stereocenters. The van der Waals surface area contributed by atoms with Gasteiger partial charge in [0.1, 0.15) is 0 Å². The number of aliphatic hydroxyl groups excluding tert-OH is 2. The molecule has 3 N–H and O–H groups in total. The van der Waals surface area contributed by atoms with Crippen LogP contribution in [0.2, 0.25) is 0 Å². The molecule has 0 saturated heterocycles. The zero-order valence-corrected chi connectivity index (χ0v) is 26.6. The normalized spacial score (nSPS) is 40.2. The second kappa shape index (κ2) is 11.6. The van der Waals surface area contributed by atoms with E-state index in [4.69, 9.17) is 0 Å². The van der Waals surface area contributed by atoms with E-state index in [0.717, 1.165) is 75.6 Å². The number of alkyl halides is 3. The van der Waals surface area contributed by atoms with E-state index < -0.39 is 33.8 Å². The number of carbonyl (C=O) groups is 1. The monoisotopic (exact) mass is 627 g/mol. The van der Waals surface area contributed by atoms with E-state index in [9.17, 15) is 36.6 Å². The van der Waals surface area contributed by atoms with Crippen LogP contribution in [-0.4, -0.2) is 42.5 Å². The number of sulfonamides is 1. The summed E-state index contributed by atoms with van der Waals surface area (Å²) in [5.74, 6) is 0.714. The van der Waals surface area contributed by atoms with Crippen LogP contribution < -0.4 is 4.72 Å². The average molecular weight is 628 g/mol.